The van der Waals surface area contributed by atoms with Gasteiger partial charge in [-0.3, -0.25) is 4.79 Å². The van der Waals surface area contributed by atoms with Gasteiger partial charge in [0.15, 0.2) is 6.10 Å². The van der Waals surface area contributed by atoms with E-state index < -0.39 is 36.2 Å². The Morgan fingerprint density at radius 2 is 1.21 bits per heavy atom. The fraction of sp³-hybridized carbons (Fsp3) is 0.323. The second kappa shape index (κ2) is 15.3. The van der Waals surface area contributed by atoms with Gasteiger partial charge in [0.1, 0.15) is 19.3 Å². The Hall–Kier alpha value is -4.17. The number of esters is 1. The van der Waals surface area contributed by atoms with Crippen molar-refractivity contribution in [3.63, 3.8) is 0 Å². The van der Waals surface area contributed by atoms with Crippen LogP contribution in [-0.2, 0) is 38.7 Å². The first-order valence-corrected chi connectivity index (χ1v) is 13.0. The van der Waals surface area contributed by atoms with Gasteiger partial charge < -0.3 is 25.2 Å². The van der Waals surface area contributed by atoms with Crippen LogP contribution in [0.3, 0.4) is 0 Å². The number of hydrogen-bond donors (Lipinski definition) is 3. The Morgan fingerprint density at radius 1 is 0.718 bits per heavy atom. The Morgan fingerprint density at radius 3 is 1.72 bits per heavy atom. The summed E-state index contributed by atoms with van der Waals surface area (Å²) in [6.07, 6.45) is -1.93. The zero-order valence-electron chi connectivity index (χ0n) is 22.3. The fourth-order valence-electron chi connectivity index (χ4n) is 3.98. The average molecular weight is 533 g/mol. The third-order valence-electron chi connectivity index (χ3n) is 6.00. The maximum absolute atomic E-state index is 13.1. The third-order valence-corrected chi connectivity index (χ3v) is 6.00. The van der Waals surface area contributed by atoms with Crippen molar-refractivity contribution in [2.24, 2.45) is 5.92 Å². The highest BCUT2D eigenvalue weighted by Gasteiger charge is 2.32. The number of hydrogen-bond acceptors (Lipinski definition) is 6. The number of carbonyl (C=O) groups excluding carboxylic acids is 3. The van der Waals surface area contributed by atoms with Crippen LogP contribution >= 0.6 is 0 Å². The number of carbonyl (C=O) groups is 3. The minimum absolute atomic E-state index is 0.0384. The smallest absolute Gasteiger partial charge is 0.407 e. The first-order valence-electron chi connectivity index (χ1n) is 13.0. The third kappa shape index (κ3) is 10.2. The summed E-state index contributed by atoms with van der Waals surface area (Å²) in [7, 11) is 0. The molecule has 3 N–H and O–H groups in total. The van der Waals surface area contributed by atoms with Gasteiger partial charge in [0, 0.05) is 0 Å². The lowest BCUT2D eigenvalue weighted by atomic mass is 9.99. The van der Waals surface area contributed by atoms with Gasteiger partial charge >= 0.3 is 12.1 Å². The predicted octanol–water partition coefficient (Wildman–Crippen LogP) is 4.16. The first kappa shape index (κ1) is 29.4. The molecule has 3 aromatic rings. The van der Waals surface area contributed by atoms with Gasteiger partial charge in [-0.2, -0.15) is 0 Å². The lowest BCUT2D eigenvalue weighted by Crippen LogP contribution is -2.55. The lowest BCUT2D eigenvalue weighted by molar-refractivity contribution is -0.150. The number of rotatable bonds is 13. The second-order valence-electron chi connectivity index (χ2n) is 9.73. The summed E-state index contributed by atoms with van der Waals surface area (Å²) in [5.74, 6) is -1.31. The van der Waals surface area contributed by atoms with Gasteiger partial charge in [-0.25, -0.2) is 9.59 Å². The molecule has 0 unspecified atom stereocenters. The molecule has 0 aliphatic rings. The Balaban J connectivity index is 1.66. The van der Waals surface area contributed by atoms with Gasteiger partial charge in [0.2, 0.25) is 0 Å². The molecule has 8 heteroatoms. The van der Waals surface area contributed by atoms with Crippen molar-refractivity contribution in [2.75, 3.05) is 0 Å². The number of aliphatic hydroxyl groups is 1. The number of nitrogens with one attached hydrogen (secondary N) is 2. The average Bonchev–Trinajstić information content (AvgIpc) is 2.95. The van der Waals surface area contributed by atoms with Crippen molar-refractivity contribution in [1.29, 1.82) is 0 Å². The van der Waals surface area contributed by atoms with E-state index in [1.807, 2.05) is 105 Å². The predicted molar refractivity (Wildman–Crippen MR) is 147 cm³/mol. The summed E-state index contributed by atoms with van der Waals surface area (Å²) in [5.41, 5.74) is 2.43. The molecule has 3 rings (SSSR count). The molecule has 0 radical (unpaired) electrons. The maximum Gasteiger partial charge on any atom is 0.407 e. The van der Waals surface area contributed by atoms with Crippen molar-refractivity contribution in [2.45, 2.75) is 58.1 Å². The maximum atomic E-state index is 13.1. The lowest BCUT2D eigenvalue weighted by Gasteiger charge is -2.26. The highest BCUT2D eigenvalue weighted by atomic mass is 16.5. The molecule has 0 spiro atoms. The number of amides is 2. The number of benzene rings is 3. The SMILES string of the molecule is CC(C)C[C@H](NC(=O)[C@H](O)[C@@H](Cc1ccccc1)NC(=O)OCc1ccccc1)C(=O)OCc1ccccc1. The van der Waals surface area contributed by atoms with Gasteiger partial charge in [-0.1, -0.05) is 105 Å². The molecule has 0 saturated heterocycles. The van der Waals surface area contributed by atoms with Crippen LogP contribution in [0.15, 0.2) is 91.0 Å². The molecule has 206 valence electrons. The van der Waals surface area contributed by atoms with Crippen molar-refractivity contribution in [3.8, 4) is 0 Å². The minimum atomic E-state index is -1.65. The zero-order chi connectivity index (χ0) is 28.0. The monoisotopic (exact) mass is 532 g/mol. The molecule has 3 atom stereocenters. The first-order chi connectivity index (χ1) is 18.8. The van der Waals surface area contributed by atoms with E-state index in [1.165, 1.54) is 0 Å². The van der Waals surface area contributed by atoms with E-state index in [-0.39, 0.29) is 25.6 Å². The van der Waals surface area contributed by atoms with E-state index in [9.17, 15) is 19.5 Å². The van der Waals surface area contributed by atoms with Crippen LogP contribution in [0.2, 0.25) is 0 Å². The van der Waals surface area contributed by atoms with Gasteiger partial charge in [-0.05, 0) is 35.4 Å². The van der Waals surface area contributed by atoms with Crippen LogP contribution in [0.25, 0.3) is 0 Å². The van der Waals surface area contributed by atoms with E-state index >= 15 is 0 Å². The van der Waals surface area contributed by atoms with Gasteiger partial charge in [0.05, 0.1) is 6.04 Å². The molecule has 0 aliphatic heterocycles. The highest BCUT2D eigenvalue weighted by Crippen LogP contribution is 2.12. The topological polar surface area (TPSA) is 114 Å². The Kier molecular flexibility index (Phi) is 11.5. The minimum Gasteiger partial charge on any atom is -0.459 e. The number of alkyl carbamates (subject to hydrolysis) is 1. The molecular weight excluding hydrogens is 496 g/mol. The Bertz CT molecular complexity index is 1170. The summed E-state index contributed by atoms with van der Waals surface area (Å²) in [6, 6.07) is 25.6. The molecule has 0 aromatic heterocycles. The Labute approximate surface area is 229 Å². The summed E-state index contributed by atoms with van der Waals surface area (Å²) >= 11 is 0. The normalized spacial score (nSPS) is 13.1. The van der Waals surface area contributed by atoms with Crippen molar-refractivity contribution in [1.82, 2.24) is 10.6 Å². The van der Waals surface area contributed by atoms with Crippen LogP contribution in [0.4, 0.5) is 4.79 Å². The van der Waals surface area contributed by atoms with E-state index in [2.05, 4.69) is 10.6 Å². The molecule has 0 saturated carbocycles. The number of ether oxygens (including phenoxy) is 2. The molecule has 0 bridgehead atoms. The van der Waals surface area contributed by atoms with Gasteiger partial charge in [-0.15, -0.1) is 0 Å². The van der Waals surface area contributed by atoms with Crippen LogP contribution < -0.4 is 10.6 Å². The molecule has 3 aromatic carbocycles. The fourth-order valence-corrected chi connectivity index (χ4v) is 3.98. The van der Waals surface area contributed by atoms with Crippen molar-refractivity contribution >= 4 is 18.0 Å². The molecule has 0 aliphatic carbocycles. The van der Waals surface area contributed by atoms with Crippen LogP contribution in [0.5, 0.6) is 0 Å². The number of aliphatic hydroxyl groups excluding tert-OH is 1. The quantitative estimate of drug-likeness (QED) is 0.285. The van der Waals surface area contributed by atoms with E-state index in [0.29, 0.717) is 6.42 Å². The largest absolute Gasteiger partial charge is 0.459 e. The summed E-state index contributed by atoms with van der Waals surface area (Å²) in [6.45, 7) is 3.94. The van der Waals surface area contributed by atoms with E-state index in [4.69, 9.17) is 9.47 Å². The standard InChI is InChI=1S/C31H36N2O6/c1-22(2)18-27(30(36)38-20-24-14-8-4-9-15-24)32-29(35)28(34)26(19-23-12-6-3-7-13-23)33-31(37)39-21-25-16-10-5-11-17-25/h3-17,22,26-28,34H,18-21H2,1-2H3,(H,32,35)(H,33,37)/t26-,27+,28-/m1/s1. The molecule has 0 fully saturated rings. The zero-order valence-corrected chi connectivity index (χ0v) is 22.3. The molecule has 39 heavy (non-hydrogen) atoms. The van der Waals surface area contributed by atoms with Crippen molar-refractivity contribution < 1.29 is 29.0 Å². The highest BCUT2D eigenvalue weighted by molar-refractivity contribution is 5.87. The second-order valence-corrected chi connectivity index (χ2v) is 9.73. The van der Waals surface area contributed by atoms with Crippen LogP contribution in [0.1, 0.15) is 37.0 Å². The van der Waals surface area contributed by atoms with Crippen LogP contribution in [0, 0.1) is 5.92 Å². The summed E-state index contributed by atoms with van der Waals surface area (Å²) < 4.78 is 10.7. The van der Waals surface area contributed by atoms with Crippen LogP contribution in [-0.4, -0.2) is 41.3 Å². The molecule has 8 nitrogen and oxygen atoms in total. The molecule has 2 amide bonds. The molecular formula is C31H36N2O6. The van der Waals surface area contributed by atoms with Gasteiger partial charge in [0.25, 0.3) is 5.91 Å². The summed E-state index contributed by atoms with van der Waals surface area (Å²) in [4.78, 5) is 38.6. The molecule has 0 heterocycles. The summed E-state index contributed by atoms with van der Waals surface area (Å²) in [5, 5.41) is 16.3. The van der Waals surface area contributed by atoms with Crippen molar-refractivity contribution in [3.05, 3.63) is 108 Å². The van der Waals surface area contributed by atoms with E-state index in [1.54, 1.807) is 0 Å². The van der Waals surface area contributed by atoms with E-state index in [0.717, 1.165) is 16.7 Å².